The van der Waals surface area contributed by atoms with Crippen molar-refractivity contribution in [1.82, 2.24) is 19.7 Å². The highest BCUT2D eigenvalue weighted by molar-refractivity contribution is 6.05. The van der Waals surface area contributed by atoms with Crippen LogP contribution in [0.2, 0.25) is 0 Å². The first-order chi connectivity index (χ1) is 14.6. The van der Waals surface area contributed by atoms with E-state index < -0.39 is 0 Å². The second-order valence-corrected chi connectivity index (χ2v) is 9.38. The number of carbonyl (C=O) groups is 1. The standard InChI is InChI=1S/C24H32N4O2/c1-26-11-13-27(14-12-26)16-19-15-24(30-17-19)8-4-10-28(18-24)23(29)21-7-2-5-20-6-3-9-25-22(20)21/h2-3,5-7,9,19H,4,8,10-18H2,1H3/t19-,24+/m0/s1. The summed E-state index contributed by atoms with van der Waals surface area (Å²) in [6.45, 7) is 8.06. The predicted octanol–water partition coefficient (Wildman–Crippen LogP) is 2.49. The SMILES string of the molecule is CN1CCN(C[C@H]2CO[C@]3(CCCN(C(=O)c4cccc5cccnc45)C3)C2)CC1. The zero-order chi connectivity index (χ0) is 20.6. The number of rotatable bonds is 3. The highest BCUT2D eigenvalue weighted by Gasteiger charge is 2.45. The molecule has 6 heteroatoms. The first kappa shape index (κ1) is 19.9. The molecule has 1 spiro atoms. The summed E-state index contributed by atoms with van der Waals surface area (Å²) < 4.78 is 6.41. The molecule has 0 saturated carbocycles. The normalized spacial score (nSPS) is 28.4. The van der Waals surface area contributed by atoms with Crippen molar-refractivity contribution in [3.8, 4) is 0 Å². The van der Waals surface area contributed by atoms with Crippen LogP contribution in [0, 0.1) is 5.92 Å². The second kappa shape index (κ2) is 8.25. The van der Waals surface area contributed by atoms with Crippen LogP contribution in [0.4, 0.5) is 0 Å². The molecule has 3 fully saturated rings. The smallest absolute Gasteiger partial charge is 0.256 e. The van der Waals surface area contributed by atoms with Gasteiger partial charge in [0.25, 0.3) is 5.91 Å². The van der Waals surface area contributed by atoms with Gasteiger partial charge in [0.15, 0.2) is 0 Å². The quantitative estimate of drug-likeness (QED) is 0.781. The van der Waals surface area contributed by atoms with Gasteiger partial charge in [-0.2, -0.15) is 0 Å². The molecule has 2 atom stereocenters. The van der Waals surface area contributed by atoms with E-state index in [2.05, 4.69) is 21.8 Å². The van der Waals surface area contributed by atoms with Crippen molar-refractivity contribution in [3.63, 3.8) is 0 Å². The molecule has 4 heterocycles. The number of piperazine rings is 1. The number of pyridine rings is 1. The van der Waals surface area contributed by atoms with Crippen molar-refractivity contribution in [1.29, 1.82) is 0 Å². The predicted molar refractivity (Wildman–Crippen MR) is 118 cm³/mol. The molecule has 1 aromatic heterocycles. The molecule has 5 rings (SSSR count). The van der Waals surface area contributed by atoms with Crippen molar-refractivity contribution in [2.45, 2.75) is 24.9 Å². The fraction of sp³-hybridized carbons (Fsp3) is 0.583. The third-order valence-electron chi connectivity index (χ3n) is 7.09. The lowest BCUT2D eigenvalue weighted by atomic mass is 9.86. The van der Waals surface area contributed by atoms with E-state index in [1.54, 1.807) is 6.20 Å². The molecule has 1 amide bonds. The Labute approximate surface area is 178 Å². The zero-order valence-corrected chi connectivity index (χ0v) is 17.9. The third-order valence-corrected chi connectivity index (χ3v) is 7.09. The van der Waals surface area contributed by atoms with E-state index in [0.717, 1.165) is 76.0 Å². The van der Waals surface area contributed by atoms with Crippen LogP contribution in [0.15, 0.2) is 36.5 Å². The Morgan fingerprint density at radius 3 is 2.87 bits per heavy atom. The van der Waals surface area contributed by atoms with Gasteiger partial charge in [0.05, 0.1) is 23.3 Å². The third kappa shape index (κ3) is 3.96. The summed E-state index contributed by atoms with van der Waals surface area (Å²) in [5, 5.41) is 1.01. The van der Waals surface area contributed by atoms with Crippen molar-refractivity contribution < 1.29 is 9.53 Å². The second-order valence-electron chi connectivity index (χ2n) is 9.38. The Balaban J connectivity index is 1.26. The molecule has 3 saturated heterocycles. The fourth-order valence-electron chi connectivity index (χ4n) is 5.45. The van der Waals surface area contributed by atoms with Gasteiger partial charge < -0.3 is 19.4 Å². The lowest BCUT2D eigenvalue weighted by molar-refractivity contribution is -0.0450. The topological polar surface area (TPSA) is 48.9 Å². The van der Waals surface area contributed by atoms with E-state index in [4.69, 9.17) is 4.74 Å². The first-order valence-electron chi connectivity index (χ1n) is 11.3. The number of nitrogens with zero attached hydrogens (tertiary/aromatic N) is 4. The summed E-state index contributed by atoms with van der Waals surface area (Å²) in [4.78, 5) is 24.9. The average molecular weight is 409 g/mol. The fourth-order valence-corrected chi connectivity index (χ4v) is 5.45. The van der Waals surface area contributed by atoms with Crippen LogP contribution in [0.25, 0.3) is 10.9 Å². The minimum absolute atomic E-state index is 0.0875. The van der Waals surface area contributed by atoms with Crippen molar-refractivity contribution in [2.24, 2.45) is 5.92 Å². The maximum atomic E-state index is 13.4. The van der Waals surface area contributed by atoms with Crippen LogP contribution in [0.3, 0.4) is 0 Å². The number of amides is 1. The molecule has 160 valence electrons. The molecule has 2 aromatic rings. The van der Waals surface area contributed by atoms with E-state index in [1.165, 1.54) is 0 Å². The van der Waals surface area contributed by atoms with Gasteiger partial charge in [-0.25, -0.2) is 0 Å². The maximum Gasteiger partial charge on any atom is 0.256 e. The molecule has 1 aromatic carbocycles. The van der Waals surface area contributed by atoms with Crippen LogP contribution in [0.1, 0.15) is 29.6 Å². The van der Waals surface area contributed by atoms with Crippen LogP contribution < -0.4 is 0 Å². The van der Waals surface area contributed by atoms with Gasteiger partial charge in [0.1, 0.15) is 0 Å². The van der Waals surface area contributed by atoms with E-state index >= 15 is 0 Å². The number of piperidine rings is 1. The number of fused-ring (bicyclic) bond motifs is 1. The number of likely N-dealkylation sites (tertiary alicyclic amines) is 1. The lowest BCUT2D eigenvalue weighted by Crippen LogP contribution is -2.50. The first-order valence-corrected chi connectivity index (χ1v) is 11.3. The van der Waals surface area contributed by atoms with Gasteiger partial charge >= 0.3 is 0 Å². The van der Waals surface area contributed by atoms with Crippen LogP contribution in [-0.2, 0) is 4.74 Å². The molecular formula is C24H32N4O2. The number of benzene rings is 1. The zero-order valence-electron chi connectivity index (χ0n) is 17.9. The number of likely N-dealkylation sites (N-methyl/N-ethyl adjacent to an activating group) is 1. The highest BCUT2D eigenvalue weighted by Crippen LogP contribution is 2.38. The molecule has 0 unspecified atom stereocenters. The summed E-state index contributed by atoms with van der Waals surface area (Å²) in [6, 6.07) is 9.80. The largest absolute Gasteiger partial charge is 0.373 e. The molecule has 0 N–H and O–H groups in total. The molecule has 3 aliphatic rings. The number of hydrogen-bond donors (Lipinski definition) is 0. The molecule has 6 nitrogen and oxygen atoms in total. The number of carbonyl (C=O) groups excluding carboxylic acids is 1. The van der Waals surface area contributed by atoms with Crippen molar-refractivity contribution in [2.75, 3.05) is 59.5 Å². The minimum atomic E-state index is -0.164. The molecular weight excluding hydrogens is 376 g/mol. The molecule has 3 aliphatic heterocycles. The Hall–Kier alpha value is -2.02. The molecule has 0 radical (unpaired) electrons. The van der Waals surface area contributed by atoms with E-state index in [-0.39, 0.29) is 11.5 Å². The highest BCUT2D eigenvalue weighted by atomic mass is 16.5. The molecule has 0 aliphatic carbocycles. The minimum Gasteiger partial charge on any atom is -0.373 e. The Morgan fingerprint density at radius 1 is 1.17 bits per heavy atom. The van der Waals surface area contributed by atoms with Gasteiger partial charge in [0.2, 0.25) is 0 Å². The Kier molecular flexibility index (Phi) is 5.48. The van der Waals surface area contributed by atoms with Gasteiger partial charge in [-0.15, -0.1) is 0 Å². The number of hydrogen-bond acceptors (Lipinski definition) is 5. The summed E-state index contributed by atoms with van der Waals surface area (Å²) in [5.74, 6) is 0.659. The van der Waals surface area contributed by atoms with E-state index in [0.29, 0.717) is 18.0 Å². The van der Waals surface area contributed by atoms with Crippen LogP contribution in [-0.4, -0.2) is 90.7 Å². The molecule has 30 heavy (non-hydrogen) atoms. The monoisotopic (exact) mass is 408 g/mol. The van der Waals surface area contributed by atoms with Gasteiger partial charge in [-0.05, 0) is 44.4 Å². The van der Waals surface area contributed by atoms with Gasteiger partial charge in [-0.1, -0.05) is 18.2 Å². The summed E-state index contributed by atoms with van der Waals surface area (Å²) >= 11 is 0. The van der Waals surface area contributed by atoms with Crippen molar-refractivity contribution in [3.05, 3.63) is 42.1 Å². The van der Waals surface area contributed by atoms with E-state index in [9.17, 15) is 4.79 Å². The number of para-hydroxylation sites is 1. The summed E-state index contributed by atoms with van der Waals surface area (Å²) in [7, 11) is 2.20. The number of ether oxygens (including phenoxy) is 1. The lowest BCUT2D eigenvalue weighted by Gasteiger charge is -2.40. The van der Waals surface area contributed by atoms with Crippen molar-refractivity contribution >= 4 is 16.8 Å². The summed E-state index contributed by atoms with van der Waals surface area (Å²) in [6.07, 6.45) is 4.89. The Bertz CT molecular complexity index is 906. The average Bonchev–Trinajstić information content (AvgIpc) is 3.15. The maximum absolute atomic E-state index is 13.4. The van der Waals surface area contributed by atoms with E-state index in [1.807, 2.05) is 35.2 Å². The van der Waals surface area contributed by atoms with Gasteiger partial charge in [0, 0.05) is 57.4 Å². The molecule has 0 bridgehead atoms. The Morgan fingerprint density at radius 2 is 2.00 bits per heavy atom. The van der Waals surface area contributed by atoms with Crippen LogP contribution >= 0.6 is 0 Å². The summed E-state index contributed by atoms with van der Waals surface area (Å²) in [5.41, 5.74) is 1.34. The van der Waals surface area contributed by atoms with Gasteiger partial charge in [-0.3, -0.25) is 9.78 Å². The van der Waals surface area contributed by atoms with Crippen LogP contribution in [0.5, 0.6) is 0 Å². The number of aromatic nitrogens is 1.